The molecule has 3 unspecified atom stereocenters. The van der Waals surface area contributed by atoms with Crippen molar-refractivity contribution < 1.29 is 5.11 Å². The van der Waals surface area contributed by atoms with Crippen molar-refractivity contribution in [1.82, 2.24) is 0 Å². The topological polar surface area (TPSA) is 49.5 Å². The quantitative estimate of drug-likeness (QED) is 0.895. The summed E-state index contributed by atoms with van der Waals surface area (Å²) in [5.41, 5.74) is 8.92. The maximum Gasteiger partial charge on any atom is 0.0613 e. The molecule has 1 aromatic carbocycles. The lowest BCUT2D eigenvalue weighted by molar-refractivity contribution is 0.156. The molecule has 3 atom stereocenters. The number of aliphatic hydroxyl groups excluding tert-OH is 1. The highest BCUT2D eigenvalue weighted by atomic mass is 16.3. The summed E-state index contributed by atoms with van der Waals surface area (Å²) in [6.45, 7) is 4.66. The third-order valence-corrected chi connectivity index (χ3v) is 5.48. The van der Waals surface area contributed by atoms with E-state index in [2.05, 4.69) is 36.1 Å². The standard InChI is InChI=1S/C18H28N2O/c1-14-11-15-5-2-3-7-17(15)20(12-14)10-8-16-6-4-9-18(16,19)13-21/h2-3,5,7,14,16,21H,4,6,8-13,19H2,1H3. The number of anilines is 1. The van der Waals surface area contributed by atoms with Gasteiger partial charge in [0.05, 0.1) is 6.61 Å². The van der Waals surface area contributed by atoms with Gasteiger partial charge in [-0.1, -0.05) is 31.5 Å². The summed E-state index contributed by atoms with van der Waals surface area (Å²) < 4.78 is 0. The van der Waals surface area contributed by atoms with E-state index in [1.807, 2.05) is 0 Å². The third-order valence-electron chi connectivity index (χ3n) is 5.48. The average Bonchev–Trinajstić information content (AvgIpc) is 2.86. The molecular formula is C18H28N2O. The lowest BCUT2D eigenvalue weighted by atomic mass is 9.85. The van der Waals surface area contributed by atoms with Gasteiger partial charge in [-0.15, -0.1) is 0 Å². The zero-order valence-electron chi connectivity index (χ0n) is 13.1. The van der Waals surface area contributed by atoms with Crippen LogP contribution in [0.1, 0.15) is 38.2 Å². The Bertz CT molecular complexity index is 490. The van der Waals surface area contributed by atoms with Crippen LogP contribution in [-0.2, 0) is 6.42 Å². The van der Waals surface area contributed by atoms with Crippen molar-refractivity contribution in [3.05, 3.63) is 29.8 Å². The van der Waals surface area contributed by atoms with Gasteiger partial charge in [0.2, 0.25) is 0 Å². The van der Waals surface area contributed by atoms with Gasteiger partial charge in [-0.05, 0) is 49.1 Å². The summed E-state index contributed by atoms with van der Waals surface area (Å²) >= 11 is 0. The molecule has 0 aromatic heterocycles. The predicted octanol–water partition coefficient (Wildman–Crippen LogP) is 2.57. The molecule has 1 fully saturated rings. The molecule has 0 radical (unpaired) electrons. The molecule has 2 aliphatic rings. The Morgan fingerprint density at radius 2 is 2.19 bits per heavy atom. The van der Waals surface area contributed by atoms with Crippen molar-refractivity contribution >= 4 is 5.69 Å². The molecule has 3 N–H and O–H groups in total. The zero-order valence-corrected chi connectivity index (χ0v) is 13.1. The SMILES string of the molecule is CC1Cc2ccccc2N(CCC2CCCC2(N)CO)C1. The number of rotatable bonds is 4. The molecule has 1 saturated carbocycles. The second-order valence-electron chi connectivity index (χ2n) is 7.15. The van der Waals surface area contributed by atoms with E-state index >= 15 is 0 Å². The largest absolute Gasteiger partial charge is 0.394 e. The van der Waals surface area contributed by atoms with Crippen LogP contribution >= 0.6 is 0 Å². The van der Waals surface area contributed by atoms with Crippen LogP contribution in [0.2, 0.25) is 0 Å². The van der Waals surface area contributed by atoms with Crippen molar-refractivity contribution in [1.29, 1.82) is 0 Å². The van der Waals surface area contributed by atoms with E-state index in [0.29, 0.717) is 11.8 Å². The number of hydrogen-bond donors (Lipinski definition) is 2. The van der Waals surface area contributed by atoms with E-state index in [1.165, 1.54) is 24.1 Å². The fraction of sp³-hybridized carbons (Fsp3) is 0.667. The van der Waals surface area contributed by atoms with Crippen LogP contribution in [-0.4, -0.2) is 30.3 Å². The molecule has 0 amide bonds. The molecule has 0 spiro atoms. The monoisotopic (exact) mass is 288 g/mol. The molecule has 21 heavy (non-hydrogen) atoms. The van der Waals surface area contributed by atoms with E-state index in [1.54, 1.807) is 0 Å². The van der Waals surface area contributed by atoms with Gasteiger partial charge < -0.3 is 15.7 Å². The van der Waals surface area contributed by atoms with Crippen LogP contribution in [0.25, 0.3) is 0 Å². The first-order chi connectivity index (χ1) is 10.1. The highest BCUT2D eigenvalue weighted by molar-refractivity contribution is 5.55. The minimum Gasteiger partial charge on any atom is -0.394 e. The minimum atomic E-state index is -0.332. The van der Waals surface area contributed by atoms with Gasteiger partial charge in [0.15, 0.2) is 0 Å². The molecule has 0 saturated heterocycles. The fourth-order valence-electron chi connectivity index (χ4n) is 4.24. The fourth-order valence-corrected chi connectivity index (χ4v) is 4.24. The van der Waals surface area contributed by atoms with E-state index in [9.17, 15) is 5.11 Å². The Balaban J connectivity index is 1.68. The second kappa shape index (κ2) is 5.98. The zero-order chi connectivity index (χ0) is 14.9. The summed E-state index contributed by atoms with van der Waals surface area (Å²) in [4.78, 5) is 2.53. The first kappa shape index (κ1) is 14.9. The van der Waals surface area contributed by atoms with E-state index in [0.717, 1.165) is 32.4 Å². The van der Waals surface area contributed by atoms with E-state index < -0.39 is 0 Å². The van der Waals surface area contributed by atoms with Gasteiger partial charge in [0.1, 0.15) is 0 Å². The van der Waals surface area contributed by atoms with Crippen molar-refractivity contribution in [3.63, 3.8) is 0 Å². The highest BCUT2D eigenvalue weighted by Gasteiger charge is 2.38. The van der Waals surface area contributed by atoms with Crippen LogP contribution in [0.5, 0.6) is 0 Å². The first-order valence-electron chi connectivity index (χ1n) is 8.35. The van der Waals surface area contributed by atoms with Crippen molar-refractivity contribution in [2.24, 2.45) is 17.6 Å². The smallest absolute Gasteiger partial charge is 0.0613 e. The van der Waals surface area contributed by atoms with Crippen molar-refractivity contribution in [3.8, 4) is 0 Å². The highest BCUT2D eigenvalue weighted by Crippen LogP contribution is 2.37. The van der Waals surface area contributed by atoms with Gasteiger partial charge in [0, 0.05) is 24.3 Å². The molecule has 0 bridgehead atoms. The molecule has 116 valence electrons. The second-order valence-corrected chi connectivity index (χ2v) is 7.15. The maximum atomic E-state index is 9.59. The summed E-state index contributed by atoms with van der Waals surface area (Å²) in [6.07, 6.45) is 5.59. The summed E-state index contributed by atoms with van der Waals surface area (Å²) in [6, 6.07) is 8.78. The number of nitrogens with two attached hydrogens (primary N) is 1. The van der Waals surface area contributed by atoms with E-state index in [-0.39, 0.29) is 12.1 Å². The van der Waals surface area contributed by atoms with Crippen LogP contribution < -0.4 is 10.6 Å². The van der Waals surface area contributed by atoms with Crippen LogP contribution in [0.3, 0.4) is 0 Å². The van der Waals surface area contributed by atoms with Crippen LogP contribution in [0, 0.1) is 11.8 Å². The van der Waals surface area contributed by atoms with Crippen LogP contribution in [0.4, 0.5) is 5.69 Å². The van der Waals surface area contributed by atoms with Crippen molar-refractivity contribution in [2.75, 3.05) is 24.6 Å². The molecular weight excluding hydrogens is 260 g/mol. The summed E-state index contributed by atoms with van der Waals surface area (Å²) in [5.74, 6) is 1.18. The Morgan fingerprint density at radius 3 is 3.00 bits per heavy atom. The number of fused-ring (bicyclic) bond motifs is 1. The molecule has 3 rings (SSSR count). The Kier molecular flexibility index (Phi) is 4.23. The third kappa shape index (κ3) is 2.95. The minimum absolute atomic E-state index is 0.130. The molecule has 3 heteroatoms. The number of para-hydroxylation sites is 1. The van der Waals surface area contributed by atoms with Crippen molar-refractivity contribution in [2.45, 2.75) is 44.6 Å². The number of hydrogen-bond acceptors (Lipinski definition) is 3. The Morgan fingerprint density at radius 1 is 1.38 bits per heavy atom. The average molecular weight is 288 g/mol. The summed E-state index contributed by atoms with van der Waals surface area (Å²) in [7, 11) is 0. The molecule has 1 aliphatic carbocycles. The molecule has 3 nitrogen and oxygen atoms in total. The normalized spacial score (nSPS) is 32.2. The van der Waals surface area contributed by atoms with Gasteiger partial charge >= 0.3 is 0 Å². The Labute approximate surface area is 128 Å². The molecule has 1 aliphatic heterocycles. The predicted molar refractivity (Wildman–Crippen MR) is 87.5 cm³/mol. The molecule has 1 aromatic rings. The van der Waals surface area contributed by atoms with Gasteiger partial charge in [-0.3, -0.25) is 0 Å². The molecule has 1 heterocycles. The lowest BCUT2D eigenvalue weighted by Gasteiger charge is -2.37. The van der Waals surface area contributed by atoms with Crippen LogP contribution in [0.15, 0.2) is 24.3 Å². The van der Waals surface area contributed by atoms with Gasteiger partial charge in [-0.2, -0.15) is 0 Å². The Hall–Kier alpha value is -1.06. The first-order valence-corrected chi connectivity index (χ1v) is 8.35. The van der Waals surface area contributed by atoms with E-state index in [4.69, 9.17) is 5.73 Å². The maximum absolute atomic E-state index is 9.59. The number of benzene rings is 1. The van der Waals surface area contributed by atoms with Gasteiger partial charge in [-0.25, -0.2) is 0 Å². The lowest BCUT2D eigenvalue weighted by Crippen LogP contribution is -2.48. The number of nitrogens with zero attached hydrogens (tertiary/aromatic N) is 1. The number of aliphatic hydroxyl groups is 1. The summed E-state index contributed by atoms with van der Waals surface area (Å²) in [5, 5.41) is 9.59. The van der Waals surface area contributed by atoms with Gasteiger partial charge in [0.25, 0.3) is 0 Å².